The molecule has 1 unspecified atom stereocenters. The van der Waals surface area contributed by atoms with E-state index in [1.807, 2.05) is 44.2 Å². The van der Waals surface area contributed by atoms with Crippen LogP contribution < -0.4 is 5.32 Å². The van der Waals surface area contributed by atoms with E-state index in [0.717, 1.165) is 16.7 Å². The van der Waals surface area contributed by atoms with Gasteiger partial charge in [0.25, 0.3) is 0 Å². The zero-order chi connectivity index (χ0) is 20.0. The Morgan fingerprint density at radius 1 is 1.07 bits per heavy atom. The second-order valence-corrected chi connectivity index (χ2v) is 7.29. The summed E-state index contributed by atoms with van der Waals surface area (Å²) in [6, 6.07) is 12.5. The lowest BCUT2D eigenvalue weighted by Crippen LogP contribution is -2.48. The number of halogens is 2. The molecule has 144 valence electrons. The smallest absolute Gasteiger partial charge is 0.242 e. The molecule has 1 N–H and O–H groups in total. The largest absolute Gasteiger partial charge is 0.357 e. The summed E-state index contributed by atoms with van der Waals surface area (Å²) in [4.78, 5) is 27.1. The fraction of sp³-hybridized carbons (Fsp3) is 0.333. The molecule has 0 aromatic heterocycles. The van der Waals surface area contributed by atoms with E-state index in [2.05, 4.69) is 5.32 Å². The lowest BCUT2D eigenvalue weighted by atomic mass is 10.1. The fourth-order valence-corrected chi connectivity index (χ4v) is 3.34. The van der Waals surface area contributed by atoms with Gasteiger partial charge >= 0.3 is 0 Å². The van der Waals surface area contributed by atoms with Gasteiger partial charge in [-0.2, -0.15) is 0 Å². The average molecular weight is 407 g/mol. The first-order chi connectivity index (χ1) is 12.8. The van der Waals surface area contributed by atoms with Crippen molar-refractivity contribution < 1.29 is 9.59 Å². The quantitative estimate of drug-likeness (QED) is 0.740. The predicted octanol–water partition coefficient (Wildman–Crippen LogP) is 4.40. The highest BCUT2D eigenvalue weighted by molar-refractivity contribution is 6.42. The van der Waals surface area contributed by atoms with Crippen LogP contribution in [0.3, 0.4) is 0 Å². The Bertz CT molecular complexity index is 824. The number of aryl methyl sites for hydroxylation is 1. The molecular weight excluding hydrogens is 383 g/mol. The van der Waals surface area contributed by atoms with Gasteiger partial charge in [0.2, 0.25) is 11.8 Å². The van der Waals surface area contributed by atoms with Crippen molar-refractivity contribution >= 4 is 35.0 Å². The highest BCUT2D eigenvalue weighted by Crippen LogP contribution is 2.24. The topological polar surface area (TPSA) is 49.4 Å². The molecular formula is C21H24Cl2N2O2. The standard InChI is InChI=1S/C21H24Cl2N2O2/c1-4-19(21(27)24-3)25(13-16-8-9-17(22)18(23)11-16)20(26)12-15-7-5-6-14(2)10-15/h5-11,19H,4,12-13H2,1-3H3,(H,24,27). The third-order valence-electron chi connectivity index (χ3n) is 4.41. The Labute approximate surface area is 170 Å². The van der Waals surface area contributed by atoms with Crippen molar-refractivity contribution in [3.8, 4) is 0 Å². The molecule has 0 bridgehead atoms. The summed E-state index contributed by atoms with van der Waals surface area (Å²) >= 11 is 12.1. The monoisotopic (exact) mass is 406 g/mol. The number of rotatable bonds is 7. The van der Waals surface area contributed by atoms with E-state index in [1.54, 1.807) is 24.1 Å². The van der Waals surface area contributed by atoms with Gasteiger partial charge in [-0.15, -0.1) is 0 Å². The molecule has 0 heterocycles. The van der Waals surface area contributed by atoms with Gasteiger partial charge in [-0.25, -0.2) is 0 Å². The first-order valence-electron chi connectivity index (χ1n) is 8.86. The minimum absolute atomic E-state index is 0.109. The van der Waals surface area contributed by atoms with E-state index in [4.69, 9.17) is 23.2 Å². The third kappa shape index (κ3) is 5.72. The van der Waals surface area contributed by atoms with E-state index in [-0.39, 0.29) is 24.8 Å². The Morgan fingerprint density at radius 2 is 1.81 bits per heavy atom. The van der Waals surface area contributed by atoms with Gasteiger partial charge in [-0.3, -0.25) is 9.59 Å². The number of nitrogens with zero attached hydrogens (tertiary/aromatic N) is 1. The van der Waals surface area contributed by atoms with Gasteiger partial charge in [-0.05, 0) is 36.6 Å². The molecule has 0 aliphatic heterocycles. The number of amides is 2. The van der Waals surface area contributed by atoms with Crippen molar-refractivity contribution in [1.82, 2.24) is 10.2 Å². The van der Waals surface area contributed by atoms with E-state index >= 15 is 0 Å². The van der Waals surface area contributed by atoms with Gasteiger partial charge in [0, 0.05) is 13.6 Å². The van der Waals surface area contributed by atoms with Crippen molar-refractivity contribution in [1.29, 1.82) is 0 Å². The molecule has 0 spiro atoms. The third-order valence-corrected chi connectivity index (χ3v) is 5.15. The minimum atomic E-state index is -0.554. The molecule has 2 rings (SSSR count). The van der Waals surface area contributed by atoms with Crippen LogP contribution in [0.4, 0.5) is 0 Å². The second kappa shape index (κ2) is 9.77. The molecule has 0 aliphatic carbocycles. The van der Waals surface area contributed by atoms with Crippen LogP contribution in [0.5, 0.6) is 0 Å². The summed E-state index contributed by atoms with van der Waals surface area (Å²) in [5, 5.41) is 3.53. The Kier molecular flexibility index (Phi) is 7.69. The molecule has 0 saturated carbocycles. The SMILES string of the molecule is CCC(C(=O)NC)N(Cc1ccc(Cl)c(Cl)c1)C(=O)Cc1cccc(C)c1. The zero-order valence-corrected chi connectivity index (χ0v) is 17.3. The summed E-state index contributed by atoms with van der Waals surface area (Å²) < 4.78 is 0. The van der Waals surface area contributed by atoms with Crippen LogP contribution in [-0.4, -0.2) is 29.8 Å². The van der Waals surface area contributed by atoms with Gasteiger partial charge in [0.05, 0.1) is 16.5 Å². The molecule has 2 aromatic carbocycles. The summed E-state index contributed by atoms with van der Waals surface area (Å²) in [6.45, 7) is 4.16. The minimum Gasteiger partial charge on any atom is -0.357 e. The second-order valence-electron chi connectivity index (χ2n) is 6.47. The van der Waals surface area contributed by atoms with Gasteiger partial charge in [-0.1, -0.05) is 66.0 Å². The van der Waals surface area contributed by atoms with Gasteiger partial charge < -0.3 is 10.2 Å². The van der Waals surface area contributed by atoms with Gasteiger partial charge in [0.15, 0.2) is 0 Å². The van der Waals surface area contributed by atoms with Crippen molar-refractivity contribution in [3.05, 3.63) is 69.2 Å². The van der Waals surface area contributed by atoms with Crippen LogP contribution in [0.2, 0.25) is 10.0 Å². The zero-order valence-electron chi connectivity index (χ0n) is 15.8. The predicted molar refractivity (Wildman–Crippen MR) is 110 cm³/mol. The lowest BCUT2D eigenvalue weighted by Gasteiger charge is -2.30. The number of carbonyl (C=O) groups excluding carboxylic acids is 2. The molecule has 0 aliphatic rings. The molecule has 27 heavy (non-hydrogen) atoms. The van der Waals surface area contributed by atoms with Crippen molar-refractivity contribution in [2.24, 2.45) is 0 Å². The van der Waals surface area contributed by atoms with Crippen LogP contribution in [-0.2, 0) is 22.6 Å². The summed E-state index contributed by atoms with van der Waals surface area (Å²) in [6.07, 6.45) is 0.747. The normalized spacial score (nSPS) is 11.7. The molecule has 6 heteroatoms. The molecule has 0 radical (unpaired) electrons. The first kappa shape index (κ1) is 21.3. The molecule has 0 fully saturated rings. The van der Waals surface area contributed by atoms with Crippen molar-refractivity contribution in [2.75, 3.05) is 7.05 Å². The summed E-state index contributed by atoms with van der Waals surface area (Å²) in [7, 11) is 1.58. The summed E-state index contributed by atoms with van der Waals surface area (Å²) in [5.41, 5.74) is 2.84. The summed E-state index contributed by atoms with van der Waals surface area (Å²) in [5.74, 6) is -0.294. The number of carbonyl (C=O) groups is 2. The molecule has 0 saturated heterocycles. The maximum absolute atomic E-state index is 13.1. The van der Waals surface area contributed by atoms with Crippen molar-refractivity contribution in [2.45, 2.75) is 39.3 Å². The first-order valence-corrected chi connectivity index (χ1v) is 9.61. The van der Waals surface area contributed by atoms with Crippen LogP contribution in [0, 0.1) is 6.92 Å². The maximum Gasteiger partial charge on any atom is 0.242 e. The van der Waals surface area contributed by atoms with Crippen LogP contribution >= 0.6 is 23.2 Å². The number of hydrogen-bond acceptors (Lipinski definition) is 2. The Morgan fingerprint density at radius 3 is 2.41 bits per heavy atom. The van der Waals surface area contributed by atoms with Crippen LogP contribution in [0.25, 0.3) is 0 Å². The highest BCUT2D eigenvalue weighted by atomic mass is 35.5. The highest BCUT2D eigenvalue weighted by Gasteiger charge is 2.28. The molecule has 2 amide bonds. The fourth-order valence-electron chi connectivity index (χ4n) is 3.02. The maximum atomic E-state index is 13.1. The van der Waals surface area contributed by atoms with Crippen LogP contribution in [0.1, 0.15) is 30.0 Å². The lowest BCUT2D eigenvalue weighted by molar-refractivity contribution is -0.140. The molecule has 2 aromatic rings. The van der Waals surface area contributed by atoms with Gasteiger partial charge in [0.1, 0.15) is 6.04 Å². The number of likely N-dealkylation sites (N-methyl/N-ethyl adjacent to an activating group) is 1. The Balaban J connectivity index is 2.31. The average Bonchev–Trinajstić information content (AvgIpc) is 2.64. The van der Waals surface area contributed by atoms with E-state index in [1.165, 1.54) is 0 Å². The molecule has 1 atom stereocenters. The van der Waals surface area contributed by atoms with Crippen molar-refractivity contribution in [3.63, 3.8) is 0 Å². The Hall–Kier alpha value is -2.04. The molecule has 4 nitrogen and oxygen atoms in total. The number of hydrogen-bond donors (Lipinski definition) is 1. The number of benzene rings is 2. The van der Waals surface area contributed by atoms with E-state index < -0.39 is 6.04 Å². The van der Waals surface area contributed by atoms with E-state index in [0.29, 0.717) is 16.5 Å². The van der Waals surface area contributed by atoms with Crippen LogP contribution in [0.15, 0.2) is 42.5 Å². The number of nitrogens with one attached hydrogen (secondary N) is 1. The van der Waals surface area contributed by atoms with E-state index in [9.17, 15) is 9.59 Å².